The van der Waals surface area contributed by atoms with Gasteiger partial charge in [-0.2, -0.15) is 13.2 Å². The molecule has 0 aromatic heterocycles. The molecule has 1 aromatic rings. The minimum absolute atomic E-state index is 0.0274. The Kier molecular flexibility index (Phi) is 3.52. The largest absolute Gasteiger partial charge is 0.391 e. The molecule has 90 valence electrons. The Morgan fingerprint density at radius 2 is 1.75 bits per heavy atom. The highest BCUT2D eigenvalue weighted by Gasteiger charge is 2.33. The number of rotatable bonds is 2. The number of aliphatic hydroxyl groups is 1. The van der Waals surface area contributed by atoms with Crippen molar-refractivity contribution in [2.45, 2.75) is 25.6 Å². The van der Waals surface area contributed by atoms with Crippen LogP contribution in [0.25, 0.3) is 0 Å². The number of benzene rings is 1. The first-order chi connectivity index (χ1) is 7.22. The van der Waals surface area contributed by atoms with Crippen LogP contribution in [0.15, 0.2) is 12.1 Å². The van der Waals surface area contributed by atoms with Gasteiger partial charge >= 0.3 is 6.18 Å². The number of aliphatic hydroxyl groups excluding tert-OH is 1. The minimum Gasteiger partial charge on any atom is -0.388 e. The van der Waals surface area contributed by atoms with Gasteiger partial charge in [-0.25, -0.2) is 8.78 Å². The summed E-state index contributed by atoms with van der Waals surface area (Å²) >= 11 is 0. The van der Waals surface area contributed by atoms with E-state index >= 15 is 0 Å². The lowest BCUT2D eigenvalue weighted by atomic mass is 10.0. The fourth-order valence-electron chi connectivity index (χ4n) is 1.25. The number of hydrogen-bond donors (Lipinski definition) is 1. The highest BCUT2D eigenvalue weighted by atomic mass is 19.4. The predicted molar refractivity (Wildman–Crippen MR) is 46.7 cm³/mol. The van der Waals surface area contributed by atoms with Gasteiger partial charge in [0.05, 0.1) is 12.5 Å². The van der Waals surface area contributed by atoms with Crippen LogP contribution in [0.1, 0.15) is 23.7 Å². The van der Waals surface area contributed by atoms with Crippen molar-refractivity contribution in [2.75, 3.05) is 0 Å². The molecule has 1 nitrogen and oxygen atoms in total. The third-order valence-electron chi connectivity index (χ3n) is 2.09. The van der Waals surface area contributed by atoms with Crippen LogP contribution >= 0.6 is 0 Å². The SMILES string of the molecule is Cc1ccc(C(O)CC(F)(F)F)c(F)c1F. The van der Waals surface area contributed by atoms with Crippen molar-refractivity contribution in [3.05, 3.63) is 34.9 Å². The highest BCUT2D eigenvalue weighted by Crippen LogP contribution is 2.31. The molecule has 6 heteroatoms. The van der Waals surface area contributed by atoms with Gasteiger partial charge in [-0.05, 0) is 12.5 Å². The maximum atomic E-state index is 13.2. The molecular weight excluding hydrogens is 231 g/mol. The Bertz CT molecular complexity index is 386. The Hall–Kier alpha value is -1.17. The van der Waals surface area contributed by atoms with Crippen LogP contribution in [-0.2, 0) is 0 Å². The van der Waals surface area contributed by atoms with E-state index in [0.717, 1.165) is 12.1 Å². The molecule has 1 aromatic carbocycles. The van der Waals surface area contributed by atoms with Crippen LogP contribution in [0.4, 0.5) is 22.0 Å². The predicted octanol–water partition coefficient (Wildman–Crippen LogP) is 3.26. The Morgan fingerprint density at radius 3 is 2.25 bits per heavy atom. The standard InChI is InChI=1S/C10H9F5O/c1-5-2-3-6(9(12)8(5)11)7(16)4-10(13,14)15/h2-3,7,16H,4H2,1H3. The zero-order chi connectivity index (χ0) is 12.5. The van der Waals surface area contributed by atoms with Crippen molar-refractivity contribution in [3.8, 4) is 0 Å². The van der Waals surface area contributed by atoms with Gasteiger partial charge in [-0.1, -0.05) is 12.1 Å². The number of hydrogen-bond acceptors (Lipinski definition) is 1. The summed E-state index contributed by atoms with van der Waals surface area (Å²) in [5.41, 5.74) is -0.708. The summed E-state index contributed by atoms with van der Waals surface area (Å²) in [5.74, 6) is -2.67. The molecule has 0 saturated carbocycles. The van der Waals surface area contributed by atoms with E-state index in [-0.39, 0.29) is 5.56 Å². The second kappa shape index (κ2) is 4.37. The van der Waals surface area contributed by atoms with Crippen LogP contribution in [-0.4, -0.2) is 11.3 Å². The highest BCUT2D eigenvalue weighted by molar-refractivity contribution is 5.27. The summed E-state index contributed by atoms with van der Waals surface area (Å²) in [6.45, 7) is 1.28. The molecule has 0 heterocycles. The van der Waals surface area contributed by atoms with Crippen LogP contribution < -0.4 is 0 Å². The van der Waals surface area contributed by atoms with E-state index in [1.54, 1.807) is 0 Å². The third kappa shape index (κ3) is 2.91. The third-order valence-corrected chi connectivity index (χ3v) is 2.09. The smallest absolute Gasteiger partial charge is 0.388 e. The Balaban J connectivity index is 3.01. The molecule has 0 aliphatic carbocycles. The molecule has 0 bridgehead atoms. The molecule has 1 rings (SSSR count). The number of alkyl halides is 3. The van der Waals surface area contributed by atoms with Crippen molar-refractivity contribution in [3.63, 3.8) is 0 Å². The van der Waals surface area contributed by atoms with Gasteiger partial charge in [0, 0.05) is 5.56 Å². The summed E-state index contributed by atoms with van der Waals surface area (Å²) in [6.07, 6.45) is -8.32. The first kappa shape index (κ1) is 12.9. The topological polar surface area (TPSA) is 20.2 Å². The quantitative estimate of drug-likeness (QED) is 0.786. The van der Waals surface area contributed by atoms with Gasteiger partial charge < -0.3 is 5.11 Å². The second-order valence-corrected chi connectivity index (χ2v) is 3.43. The summed E-state index contributed by atoms with van der Waals surface area (Å²) in [5, 5.41) is 9.13. The second-order valence-electron chi connectivity index (χ2n) is 3.43. The van der Waals surface area contributed by atoms with Gasteiger partial charge in [-0.15, -0.1) is 0 Å². The van der Waals surface area contributed by atoms with Gasteiger partial charge in [0.25, 0.3) is 0 Å². The van der Waals surface area contributed by atoms with E-state index in [0.29, 0.717) is 0 Å². The lowest BCUT2D eigenvalue weighted by Crippen LogP contribution is -2.15. The fraction of sp³-hybridized carbons (Fsp3) is 0.400. The molecule has 0 fully saturated rings. The molecule has 1 unspecified atom stereocenters. The zero-order valence-corrected chi connectivity index (χ0v) is 8.28. The van der Waals surface area contributed by atoms with E-state index in [2.05, 4.69) is 0 Å². The maximum Gasteiger partial charge on any atom is 0.391 e. The van der Waals surface area contributed by atoms with Crippen molar-refractivity contribution >= 4 is 0 Å². The van der Waals surface area contributed by atoms with Crippen LogP contribution in [0, 0.1) is 18.6 Å². The lowest BCUT2D eigenvalue weighted by molar-refractivity contribution is -0.154. The normalized spacial score (nSPS) is 13.9. The molecule has 0 radical (unpaired) electrons. The molecule has 0 amide bonds. The summed E-state index contributed by atoms with van der Waals surface area (Å²) in [4.78, 5) is 0. The lowest BCUT2D eigenvalue weighted by Gasteiger charge is -2.14. The zero-order valence-electron chi connectivity index (χ0n) is 8.28. The molecule has 0 saturated heterocycles. The van der Waals surface area contributed by atoms with Crippen molar-refractivity contribution in [1.29, 1.82) is 0 Å². The van der Waals surface area contributed by atoms with E-state index in [9.17, 15) is 22.0 Å². The van der Waals surface area contributed by atoms with Gasteiger partial charge in [-0.3, -0.25) is 0 Å². The van der Waals surface area contributed by atoms with Crippen LogP contribution in [0.5, 0.6) is 0 Å². The van der Waals surface area contributed by atoms with Crippen molar-refractivity contribution in [1.82, 2.24) is 0 Å². The molecule has 0 aliphatic heterocycles. The fourth-order valence-corrected chi connectivity index (χ4v) is 1.25. The molecule has 1 atom stereocenters. The van der Waals surface area contributed by atoms with Gasteiger partial charge in [0.1, 0.15) is 0 Å². The van der Waals surface area contributed by atoms with Gasteiger partial charge in [0.15, 0.2) is 11.6 Å². The van der Waals surface area contributed by atoms with E-state index in [4.69, 9.17) is 5.11 Å². The Morgan fingerprint density at radius 1 is 1.19 bits per heavy atom. The Labute approximate surface area is 88.5 Å². The van der Waals surface area contributed by atoms with E-state index in [1.165, 1.54) is 6.92 Å². The van der Waals surface area contributed by atoms with Gasteiger partial charge in [0.2, 0.25) is 0 Å². The van der Waals surface area contributed by atoms with Crippen LogP contribution in [0.3, 0.4) is 0 Å². The number of halogens is 5. The summed E-state index contributed by atoms with van der Waals surface area (Å²) in [7, 11) is 0. The molecule has 0 spiro atoms. The van der Waals surface area contributed by atoms with Crippen molar-refractivity contribution < 1.29 is 27.1 Å². The average Bonchev–Trinajstić information content (AvgIpc) is 2.11. The minimum atomic E-state index is -4.63. The summed E-state index contributed by atoms with van der Waals surface area (Å²) in [6, 6.07) is 2.07. The summed E-state index contributed by atoms with van der Waals surface area (Å²) < 4.78 is 62.0. The van der Waals surface area contributed by atoms with Crippen LogP contribution in [0.2, 0.25) is 0 Å². The first-order valence-electron chi connectivity index (χ1n) is 4.41. The van der Waals surface area contributed by atoms with E-state index < -0.39 is 35.9 Å². The van der Waals surface area contributed by atoms with Crippen molar-refractivity contribution in [2.24, 2.45) is 0 Å². The molecule has 1 N–H and O–H groups in total. The first-order valence-corrected chi connectivity index (χ1v) is 4.41. The molecule has 0 aliphatic rings. The average molecular weight is 240 g/mol. The molecule has 16 heavy (non-hydrogen) atoms. The molecular formula is C10H9F5O. The maximum absolute atomic E-state index is 13.2. The monoisotopic (exact) mass is 240 g/mol. The van der Waals surface area contributed by atoms with E-state index in [1.807, 2.05) is 0 Å². The number of aryl methyl sites for hydroxylation is 1.